The van der Waals surface area contributed by atoms with Gasteiger partial charge in [0.05, 0.1) is 15.6 Å². The fourth-order valence-electron chi connectivity index (χ4n) is 1.82. The molecule has 96 valence electrons. The van der Waals surface area contributed by atoms with Crippen LogP contribution < -0.4 is 5.73 Å². The summed E-state index contributed by atoms with van der Waals surface area (Å²) in [7, 11) is 0. The second-order valence-corrected chi connectivity index (χ2v) is 5.58. The second kappa shape index (κ2) is 4.89. The third-order valence-electron chi connectivity index (χ3n) is 2.68. The van der Waals surface area contributed by atoms with Crippen LogP contribution in [0, 0.1) is 0 Å². The molecule has 0 unspecified atom stereocenters. The number of nitrogens with zero attached hydrogens (tertiary/aromatic N) is 1. The minimum Gasteiger partial charge on any atom is -0.380 e. The molecule has 2 N–H and O–H groups in total. The fraction of sp³-hybridized carbons (Fsp3) is 0. The van der Waals surface area contributed by atoms with Gasteiger partial charge in [0.15, 0.2) is 11.6 Å². The van der Waals surface area contributed by atoms with Crippen molar-refractivity contribution in [2.24, 2.45) is 0 Å². The number of hydrogen-bond donors (Lipinski definition) is 1. The molecule has 0 spiro atoms. The van der Waals surface area contributed by atoms with E-state index in [2.05, 4.69) is 5.16 Å². The lowest BCUT2D eigenvalue weighted by molar-refractivity contribution is 0.436. The average molecular weight is 311 g/mol. The van der Waals surface area contributed by atoms with Gasteiger partial charge < -0.3 is 10.3 Å². The van der Waals surface area contributed by atoms with Gasteiger partial charge in [-0.25, -0.2) is 0 Å². The Morgan fingerprint density at radius 2 is 2.00 bits per heavy atom. The number of thiophene rings is 1. The lowest BCUT2D eigenvalue weighted by atomic mass is 10.1. The van der Waals surface area contributed by atoms with Crippen molar-refractivity contribution in [3.8, 4) is 21.8 Å². The van der Waals surface area contributed by atoms with E-state index in [1.54, 1.807) is 23.5 Å². The number of anilines is 1. The third kappa shape index (κ3) is 2.12. The van der Waals surface area contributed by atoms with Crippen LogP contribution in [0.2, 0.25) is 10.0 Å². The Bertz CT molecular complexity index is 722. The van der Waals surface area contributed by atoms with Gasteiger partial charge in [0, 0.05) is 10.4 Å². The molecule has 0 saturated carbocycles. The van der Waals surface area contributed by atoms with E-state index in [4.69, 9.17) is 33.5 Å². The molecule has 3 aromatic rings. The molecule has 3 nitrogen and oxygen atoms in total. The van der Waals surface area contributed by atoms with E-state index in [1.165, 1.54) is 0 Å². The van der Waals surface area contributed by atoms with Gasteiger partial charge in [-0.05, 0) is 23.6 Å². The van der Waals surface area contributed by atoms with Crippen LogP contribution in [0.3, 0.4) is 0 Å². The highest BCUT2D eigenvalue weighted by Crippen LogP contribution is 2.42. The minimum absolute atomic E-state index is 0.341. The van der Waals surface area contributed by atoms with E-state index in [1.807, 2.05) is 23.6 Å². The summed E-state index contributed by atoms with van der Waals surface area (Å²) in [5, 5.41) is 6.68. The van der Waals surface area contributed by atoms with Crippen molar-refractivity contribution in [1.82, 2.24) is 5.16 Å². The van der Waals surface area contributed by atoms with E-state index in [0.717, 1.165) is 10.4 Å². The summed E-state index contributed by atoms with van der Waals surface area (Å²) in [5.74, 6) is 0.876. The highest BCUT2D eigenvalue weighted by atomic mass is 35.5. The van der Waals surface area contributed by atoms with E-state index in [0.29, 0.717) is 27.2 Å². The molecule has 0 aliphatic rings. The van der Waals surface area contributed by atoms with Gasteiger partial charge in [0.25, 0.3) is 0 Å². The maximum atomic E-state index is 6.21. The number of nitrogens with two attached hydrogens (primary N) is 1. The van der Waals surface area contributed by atoms with Crippen LogP contribution in [0.1, 0.15) is 0 Å². The molecule has 0 radical (unpaired) electrons. The molecule has 0 saturated heterocycles. The first-order chi connectivity index (χ1) is 9.18. The Morgan fingerprint density at radius 3 is 2.74 bits per heavy atom. The van der Waals surface area contributed by atoms with Crippen LogP contribution in [-0.2, 0) is 0 Å². The van der Waals surface area contributed by atoms with Crippen LogP contribution in [-0.4, -0.2) is 5.16 Å². The van der Waals surface area contributed by atoms with Crippen molar-refractivity contribution in [3.05, 3.63) is 45.8 Å². The highest BCUT2D eigenvalue weighted by Gasteiger charge is 2.21. The van der Waals surface area contributed by atoms with Crippen LogP contribution >= 0.6 is 34.5 Å². The van der Waals surface area contributed by atoms with Crippen molar-refractivity contribution >= 4 is 40.4 Å². The monoisotopic (exact) mass is 310 g/mol. The molecule has 6 heteroatoms. The number of nitrogen functional groups attached to an aromatic ring is 1. The SMILES string of the molecule is Nc1noc(-c2cccc(Cl)c2Cl)c1-c1cccs1. The Kier molecular flexibility index (Phi) is 3.22. The summed E-state index contributed by atoms with van der Waals surface area (Å²) in [4.78, 5) is 0.977. The first-order valence-corrected chi connectivity index (χ1v) is 7.05. The van der Waals surface area contributed by atoms with Crippen molar-refractivity contribution in [2.75, 3.05) is 5.73 Å². The van der Waals surface area contributed by atoms with E-state index in [-0.39, 0.29) is 0 Å². The van der Waals surface area contributed by atoms with Gasteiger partial charge in [-0.2, -0.15) is 0 Å². The molecule has 0 aliphatic heterocycles. The average Bonchev–Trinajstić information content (AvgIpc) is 3.02. The molecular formula is C13H8Cl2N2OS. The summed E-state index contributed by atoms with van der Waals surface area (Å²) in [6.45, 7) is 0. The third-order valence-corrected chi connectivity index (χ3v) is 4.39. The van der Waals surface area contributed by atoms with E-state index >= 15 is 0 Å². The second-order valence-electron chi connectivity index (χ2n) is 3.85. The van der Waals surface area contributed by atoms with Gasteiger partial charge >= 0.3 is 0 Å². The maximum Gasteiger partial charge on any atom is 0.179 e. The predicted molar refractivity (Wildman–Crippen MR) is 79.7 cm³/mol. The quantitative estimate of drug-likeness (QED) is 0.728. The molecule has 0 bridgehead atoms. The molecule has 0 aliphatic carbocycles. The number of halogens is 2. The first kappa shape index (κ1) is 12.5. The summed E-state index contributed by atoms with van der Waals surface area (Å²) in [6, 6.07) is 9.25. The molecule has 2 heterocycles. The van der Waals surface area contributed by atoms with Gasteiger partial charge in [-0.1, -0.05) is 40.5 Å². The van der Waals surface area contributed by atoms with Crippen LogP contribution in [0.25, 0.3) is 21.8 Å². The molecule has 1 aromatic carbocycles. The first-order valence-electron chi connectivity index (χ1n) is 5.42. The van der Waals surface area contributed by atoms with Crippen LogP contribution in [0.4, 0.5) is 5.82 Å². The lowest BCUT2D eigenvalue weighted by Gasteiger charge is -2.04. The largest absolute Gasteiger partial charge is 0.380 e. The molecule has 3 rings (SSSR count). The van der Waals surface area contributed by atoms with Gasteiger partial charge in [0.2, 0.25) is 0 Å². The van der Waals surface area contributed by atoms with Crippen molar-refractivity contribution in [1.29, 1.82) is 0 Å². The number of rotatable bonds is 2. The van der Waals surface area contributed by atoms with Gasteiger partial charge in [-0.3, -0.25) is 0 Å². The van der Waals surface area contributed by atoms with Crippen molar-refractivity contribution in [2.45, 2.75) is 0 Å². The van der Waals surface area contributed by atoms with Crippen LogP contribution in [0.15, 0.2) is 40.2 Å². The Balaban J connectivity index is 2.25. The molecule has 0 fully saturated rings. The summed E-state index contributed by atoms with van der Waals surface area (Å²) in [5.41, 5.74) is 7.32. The van der Waals surface area contributed by atoms with E-state index < -0.39 is 0 Å². The normalized spacial score (nSPS) is 10.8. The fourth-order valence-corrected chi connectivity index (χ4v) is 2.99. The standard InChI is InChI=1S/C13H8Cl2N2OS/c14-8-4-1-3-7(11(8)15)12-10(13(16)17-18-12)9-5-2-6-19-9/h1-6H,(H2,16,17). The zero-order valence-corrected chi connectivity index (χ0v) is 11.9. The maximum absolute atomic E-state index is 6.21. The minimum atomic E-state index is 0.341. The van der Waals surface area contributed by atoms with Gasteiger partial charge in [-0.15, -0.1) is 11.3 Å². The molecule has 0 atom stereocenters. The summed E-state index contributed by atoms with van der Waals surface area (Å²) >= 11 is 13.8. The molecular weight excluding hydrogens is 303 g/mol. The predicted octanol–water partition coefficient (Wildman–Crippen LogP) is 4.96. The van der Waals surface area contributed by atoms with E-state index in [9.17, 15) is 0 Å². The topological polar surface area (TPSA) is 52.0 Å². The molecule has 2 aromatic heterocycles. The van der Waals surface area contributed by atoms with Gasteiger partial charge in [0.1, 0.15) is 0 Å². The zero-order chi connectivity index (χ0) is 13.4. The lowest BCUT2D eigenvalue weighted by Crippen LogP contribution is -1.87. The number of benzene rings is 1. The molecule has 19 heavy (non-hydrogen) atoms. The zero-order valence-electron chi connectivity index (χ0n) is 9.56. The Hall–Kier alpha value is -1.49. The van der Waals surface area contributed by atoms with Crippen molar-refractivity contribution < 1.29 is 4.52 Å². The highest BCUT2D eigenvalue weighted by molar-refractivity contribution is 7.13. The Morgan fingerprint density at radius 1 is 1.16 bits per heavy atom. The van der Waals surface area contributed by atoms with Crippen molar-refractivity contribution in [3.63, 3.8) is 0 Å². The molecule has 0 amide bonds. The number of hydrogen-bond acceptors (Lipinski definition) is 4. The summed E-state index contributed by atoms with van der Waals surface area (Å²) < 4.78 is 5.33. The smallest absolute Gasteiger partial charge is 0.179 e. The Labute approximate surface area is 123 Å². The summed E-state index contributed by atoms with van der Waals surface area (Å²) in [6.07, 6.45) is 0. The number of aromatic nitrogens is 1. The van der Waals surface area contributed by atoms with Crippen LogP contribution in [0.5, 0.6) is 0 Å².